The van der Waals surface area contributed by atoms with E-state index in [1.54, 1.807) is 0 Å². The zero-order chi connectivity index (χ0) is 14.5. The van der Waals surface area contributed by atoms with Crippen LogP contribution in [0, 0.1) is 0 Å². The Labute approximate surface area is 125 Å². The molecule has 0 aliphatic rings. The topological polar surface area (TPSA) is 9.23 Å². The molecule has 0 fully saturated rings. The molecule has 0 bridgehead atoms. The number of hydrogen-bond donors (Lipinski definition) is 0. The van der Waals surface area contributed by atoms with Gasteiger partial charge in [0.15, 0.2) is 0 Å². The van der Waals surface area contributed by atoms with E-state index >= 15 is 0 Å². The molecule has 1 aromatic rings. The molecule has 0 saturated heterocycles. The molecule has 1 unspecified atom stereocenters. The molecular formula is C19H32O. The summed E-state index contributed by atoms with van der Waals surface area (Å²) in [5.41, 5.74) is 1.40. The van der Waals surface area contributed by atoms with Crippen LogP contribution >= 0.6 is 0 Å². The Hall–Kier alpha value is -0.820. The van der Waals surface area contributed by atoms with E-state index in [4.69, 9.17) is 4.74 Å². The summed E-state index contributed by atoms with van der Waals surface area (Å²) < 4.78 is 5.89. The Bertz CT molecular complexity index is 307. The molecule has 0 aliphatic heterocycles. The highest BCUT2D eigenvalue weighted by Gasteiger charge is 2.09. The lowest BCUT2D eigenvalue weighted by Gasteiger charge is -2.17. The van der Waals surface area contributed by atoms with Crippen molar-refractivity contribution in [2.24, 2.45) is 0 Å². The molecule has 1 nitrogen and oxygen atoms in total. The summed E-state index contributed by atoms with van der Waals surface area (Å²) in [6, 6.07) is 10.7. The van der Waals surface area contributed by atoms with E-state index in [0.717, 1.165) is 13.0 Å². The maximum absolute atomic E-state index is 5.89. The zero-order valence-electron chi connectivity index (χ0n) is 13.4. The van der Waals surface area contributed by atoms with Gasteiger partial charge in [-0.1, -0.05) is 82.2 Å². The predicted molar refractivity (Wildman–Crippen MR) is 88.2 cm³/mol. The van der Waals surface area contributed by atoms with Crippen LogP contribution in [0.1, 0.15) is 70.8 Å². The Balaban J connectivity index is 2.15. The first-order chi connectivity index (χ1) is 9.86. The number of benzene rings is 1. The van der Waals surface area contributed by atoms with E-state index in [0.29, 0.717) is 6.10 Å². The van der Waals surface area contributed by atoms with Gasteiger partial charge in [-0.15, -0.1) is 0 Å². The molecular weight excluding hydrogens is 244 g/mol. The number of unbranched alkanes of at least 4 members (excludes halogenated alkanes) is 6. The minimum Gasteiger partial charge on any atom is -0.378 e. The van der Waals surface area contributed by atoms with Crippen molar-refractivity contribution in [3.05, 3.63) is 35.9 Å². The van der Waals surface area contributed by atoms with E-state index in [9.17, 15) is 0 Å². The lowest BCUT2D eigenvalue weighted by atomic mass is 10.0. The third-order valence-electron chi connectivity index (χ3n) is 3.84. The highest BCUT2D eigenvalue weighted by Crippen LogP contribution is 2.14. The fourth-order valence-corrected chi connectivity index (χ4v) is 2.69. The second kappa shape index (κ2) is 12.0. The lowest BCUT2D eigenvalue weighted by molar-refractivity contribution is 0.0552. The summed E-state index contributed by atoms with van der Waals surface area (Å²) in [7, 11) is 0. The van der Waals surface area contributed by atoms with Crippen molar-refractivity contribution in [2.75, 3.05) is 6.61 Å². The van der Waals surface area contributed by atoms with E-state index in [-0.39, 0.29) is 0 Å². The molecule has 1 atom stereocenters. The fraction of sp³-hybridized carbons (Fsp3) is 0.684. The summed E-state index contributed by atoms with van der Waals surface area (Å²) >= 11 is 0. The SMILES string of the molecule is CCCCCCCCCC(Cc1ccccc1)OCC. The van der Waals surface area contributed by atoms with Gasteiger partial charge in [0.05, 0.1) is 6.10 Å². The van der Waals surface area contributed by atoms with Crippen LogP contribution < -0.4 is 0 Å². The second-order valence-electron chi connectivity index (χ2n) is 5.68. The summed E-state index contributed by atoms with van der Waals surface area (Å²) in [6.07, 6.45) is 12.3. The lowest BCUT2D eigenvalue weighted by Crippen LogP contribution is -2.16. The summed E-state index contributed by atoms with van der Waals surface area (Å²) in [5, 5.41) is 0. The summed E-state index contributed by atoms with van der Waals surface area (Å²) in [5.74, 6) is 0. The molecule has 1 aromatic carbocycles. The van der Waals surface area contributed by atoms with E-state index < -0.39 is 0 Å². The Kier molecular flexibility index (Phi) is 10.3. The largest absolute Gasteiger partial charge is 0.378 e. The Morgan fingerprint density at radius 3 is 2.15 bits per heavy atom. The van der Waals surface area contributed by atoms with Gasteiger partial charge >= 0.3 is 0 Å². The molecule has 1 rings (SSSR count). The smallest absolute Gasteiger partial charge is 0.0615 e. The fourth-order valence-electron chi connectivity index (χ4n) is 2.69. The Morgan fingerprint density at radius 2 is 1.50 bits per heavy atom. The molecule has 0 aliphatic carbocycles. The van der Waals surface area contributed by atoms with E-state index in [1.807, 2.05) is 0 Å². The molecule has 0 heterocycles. The summed E-state index contributed by atoms with van der Waals surface area (Å²) in [6.45, 7) is 5.20. The first-order valence-corrected chi connectivity index (χ1v) is 8.52. The maximum atomic E-state index is 5.89. The van der Waals surface area contributed by atoms with Crippen LogP contribution in [0.15, 0.2) is 30.3 Å². The van der Waals surface area contributed by atoms with Crippen LogP contribution in [-0.4, -0.2) is 12.7 Å². The first-order valence-electron chi connectivity index (χ1n) is 8.52. The highest BCUT2D eigenvalue weighted by atomic mass is 16.5. The molecule has 0 aromatic heterocycles. The number of rotatable bonds is 12. The molecule has 0 spiro atoms. The van der Waals surface area contributed by atoms with Crippen LogP contribution in [0.5, 0.6) is 0 Å². The van der Waals surface area contributed by atoms with Crippen LogP contribution in [0.4, 0.5) is 0 Å². The van der Waals surface area contributed by atoms with Crippen molar-refractivity contribution in [1.82, 2.24) is 0 Å². The van der Waals surface area contributed by atoms with Crippen molar-refractivity contribution < 1.29 is 4.74 Å². The quantitative estimate of drug-likeness (QED) is 0.440. The van der Waals surface area contributed by atoms with Crippen LogP contribution in [0.2, 0.25) is 0 Å². The summed E-state index contributed by atoms with van der Waals surface area (Å²) in [4.78, 5) is 0. The average molecular weight is 276 g/mol. The zero-order valence-corrected chi connectivity index (χ0v) is 13.4. The molecule has 1 heteroatoms. The molecule has 0 amide bonds. The van der Waals surface area contributed by atoms with Gasteiger partial charge in [-0.25, -0.2) is 0 Å². The van der Waals surface area contributed by atoms with Crippen LogP contribution in [0.3, 0.4) is 0 Å². The first kappa shape index (κ1) is 17.2. The van der Waals surface area contributed by atoms with Crippen LogP contribution in [-0.2, 0) is 11.2 Å². The number of ether oxygens (including phenoxy) is 1. The van der Waals surface area contributed by atoms with Gasteiger partial charge < -0.3 is 4.74 Å². The third-order valence-corrected chi connectivity index (χ3v) is 3.84. The van der Waals surface area contributed by atoms with Gasteiger partial charge in [0, 0.05) is 6.61 Å². The third kappa shape index (κ3) is 8.37. The van der Waals surface area contributed by atoms with Gasteiger partial charge in [-0.2, -0.15) is 0 Å². The van der Waals surface area contributed by atoms with Gasteiger partial charge in [0.25, 0.3) is 0 Å². The standard InChI is InChI=1S/C19H32O/c1-3-5-6-7-8-9-13-16-19(20-4-2)17-18-14-11-10-12-15-18/h10-12,14-15,19H,3-9,13,16-17H2,1-2H3. The van der Waals surface area contributed by atoms with E-state index in [1.165, 1.54) is 56.9 Å². The van der Waals surface area contributed by atoms with Gasteiger partial charge in [-0.3, -0.25) is 0 Å². The molecule has 114 valence electrons. The molecule has 0 N–H and O–H groups in total. The van der Waals surface area contributed by atoms with Crippen LogP contribution in [0.25, 0.3) is 0 Å². The average Bonchev–Trinajstić information content (AvgIpc) is 2.47. The maximum Gasteiger partial charge on any atom is 0.0615 e. The molecule has 0 saturated carbocycles. The van der Waals surface area contributed by atoms with Crippen molar-refractivity contribution >= 4 is 0 Å². The highest BCUT2D eigenvalue weighted by molar-refractivity contribution is 5.15. The second-order valence-corrected chi connectivity index (χ2v) is 5.68. The van der Waals surface area contributed by atoms with Crippen molar-refractivity contribution in [3.63, 3.8) is 0 Å². The monoisotopic (exact) mass is 276 g/mol. The van der Waals surface area contributed by atoms with E-state index in [2.05, 4.69) is 44.2 Å². The Morgan fingerprint density at radius 1 is 0.850 bits per heavy atom. The van der Waals surface area contributed by atoms with Gasteiger partial charge in [-0.05, 0) is 25.3 Å². The van der Waals surface area contributed by atoms with Gasteiger partial charge in [0.1, 0.15) is 0 Å². The number of hydrogen-bond acceptors (Lipinski definition) is 1. The predicted octanol–water partition coefficient (Wildman–Crippen LogP) is 5.77. The van der Waals surface area contributed by atoms with Crippen molar-refractivity contribution in [1.29, 1.82) is 0 Å². The van der Waals surface area contributed by atoms with Crippen molar-refractivity contribution in [2.45, 2.75) is 77.7 Å². The minimum atomic E-state index is 0.401. The normalized spacial score (nSPS) is 12.5. The minimum absolute atomic E-state index is 0.401. The molecule has 0 radical (unpaired) electrons. The van der Waals surface area contributed by atoms with Crippen molar-refractivity contribution in [3.8, 4) is 0 Å². The van der Waals surface area contributed by atoms with Gasteiger partial charge in [0.2, 0.25) is 0 Å². The molecule has 20 heavy (non-hydrogen) atoms.